The summed E-state index contributed by atoms with van der Waals surface area (Å²) in [5.74, 6) is -0.233. The smallest absolute Gasteiger partial charge is 0.220 e. The van der Waals surface area contributed by atoms with E-state index in [2.05, 4.69) is 19.2 Å². The summed E-state index contributed by atoms with van der Waals surface area (Å²) >= 11 is 0. The van der Waals surface area contributed by atoms with E-state index in [9.17, 15) is 45.6 Å². The number of allylic oxidation sites excluding steroid dienone is 1. The van der Waals surface area contributed by atoms with Crippen molar-refractivity contribution < 1.29 is 64.6 Å². The molecule has 14 nitrogen and oxygen atoms in total. The zero-order chi connectivity index (χ0) is 54.6. The van der Waals surface area contributed by atoms with Gasteiger partial charge >= 0.3 is 0 Å². The molecule has 0 aromatic heterocycles. The largest absolute Gasteiger partial charge is 0.394 e. The van der Waals surface area contributed by atoms with E-state index in [-0.39, 0.29) is 18.9 Å². The molecule has 0 bridgehead atoms. The number of ether oxygens (including phenoxy) is 4. The number of amides is 1. The van der Waals surface area contributed by atoms with E-state index in [1.54, 1.807) is 6.08 Å². The molecule has 0 aromatic rings. The third-order valence-electron chi connectivity index (χ3n) is 15.7. The fraction of sp³-hybridized carbons (Fsp3) is 0.951. The number of carbonyl (C=O) groups excluding carboxylic acids is 1. The van der Waals surface area contributed by atoms with Crippen LogP contribution >= 0.6 is 0 Å². The Labute approximate surface area is 456 Å². The van der Waals surface area contributed by atoms with Crippen molar-refractivity contribution in [3.8, 4) is 0 Å². The lowest BCUT2D eigenvalue weighted by Crippen LogP contribution is -2.65. The number of aliphatic hydroxyl groups excluding tert-OH is 8. The van der Waals surface area contributed by atoms with Crippen LogP contribution in [0.4, 0.5) is 0 Å². The van der Waals surface area contributed by atoms with Gasteiger partial charge in [-0.2, -0.15) is 0 Å². The van der Waals surface area contributed by atoms with Crippen LogP contribution in [0.1, 0.15) is 277 Å². The van der Waals surface area contributed by atoms with Crippen molar-refractivity contribution in [2.24, 2.45) is 0 Å². The summed E-state index contributed by atoms with van der Waals surface area (Å²) in [6, 6.07) is -0.909. The molecule has 2 saturated heterocycles. The first-order chi connectivity index (χ1) is 36.6. The summed E-state index contributed by atoms with van der Waals surface area (Å²) in [5.41, 5.74) is 0. The molecule has 2 fully saturated rings. The van der Waals surface area contributed by atoms with Gasteiger partial charge in [-0.3, -0.25) is 4.79 Å². The summed E-state index contributed by atoms with van der Waals surface area (Å²) in [5, 5.41) is 87.1. The molecule has 0 spiro atoms. The second-order valence-electron chi connectivity index (χ2n) is 22.6. The van der Waals surface area contributed by atoms with Crippen molar-refractivity contribution in [1.29, 1.82) is 0 Å². The Morgan fingerprint density at radius 2 is 0.827 bits per heavy atom. The molecule has 444 valence electrons. The van der Waals surface area contributed by atoms with Crippen molar-refractivity contribution >= 4 is 5.91 Å². The number of hydrogen-bond acceptors (Lipinski definition) is 13. The zero-order valence-electron chi connectivity index (χ0n) is 47.8. The predicted molar refractivity (Wildman–Crippen MR) is 300 cm³/mol. The normalized spacial score (nSPS) is 25.0. The Morgan fingerprint density at radius 3 is 1.23 bits per heavy atom. The molecule has 0 aromatic carbocycles. The van der Waals surface area contributed by atoms with Crippen LogP contribution in [-0.2, 0) is 23.7 Å². The molecule has 0 radical (unpaired) electrons. The fourth-order valence-electron chi connectivity index (χ4n) is 10.6. The van der Waals surface area contributed by atoms with Gasteiger partial charge in [0.15, 0.2) is 12.6 Å². The molecule has 0 saturated carbocycles. The van der Waals surface area contributed by atoms with E-state index < -0.39 is 86.8 Å². The third kappa shape index (κ3) is 33.2. The maximum absolute atomic E-state index is 13.3. The highest BCUT2D eigenvalue weighted by atomic mass is 16.7. The topological polar surface area (TPSA) is 228 Å². The van der Waals surface area contributed by atoms with Gasteiger partial charge in [-0.05, 0) is 19.3 Å². The molecule has 0 aliphatic carbocycles. The second kappa shape index (κ2) is 47.5. The predicted octanol–water partition coefficient (Wildman–Crippen LogP) is 11.1. The van der Waals surface area contributed by atoms with Crippen LogP contribution in [0, 0.1) is 0 Å². The number of unbranched alkanes of at least 4 members (excludes halogenated alkanes) is 38. The highest BCUT2D eigenvalue weighted by Crippen LogP contribution is 2.30. The van der Waals surface area contributed by atoms with Gasteiger partial charge in [0.2, 0.25) is 5.91 Å². The molecular formula is C61H117NO13. The lowest BCUT2D eigenvalue weighted by Gasteiger charge is -2.46. The fourth-order valence-corrected chi connectivity index (χ4v) is 10.6. The molecule has 12 atom stereocenters. The Balaban J connectivity index is 1.70. The quantitative estimate of drug-likeness (QED) is 0.0204. The van der Waals surface area contributed by atoms with Gasteiger partial charge < -0.3 is 65.1 Å². The van der Waals surface area contributed by atoms with Crippen LogP contribution in [-0.4, -0.2) is 140 Å². The van der Waals surface area contributed by atoms with Crippen LogP contribution < -0.4 is 5.32 Å². The molecule has 2 rings (SSSR count). The van der Waals surface area contributed by atoms with Gasteiger partial charge in [-0.25, -0.2) is 0 Å². The van der Waals surface area contributed by atoms with E-state index in [1.165, 1.54) is 212 Å². The van der Waals surface area contributed by atoms with Crippen molar-refractivity contribution in [3.05, 3.63) is 12.2 Å². The molecule has 9 N–H and O–H groups in total. The van der Waals surface area contributed by atoms with E-state index >= 15 is 0 Å². The first kappa shape index (κ1) is 69.8. The maximum Gasteiger partial charge on any atom is 0.220 e. The van der Waals surface area contributed by atoms with Crippen LogP contribution in [0.3, 0.4) is 0 Å². The average Bonchev–Trinajstić information content (AvgIpc) is 3.41. The minimum Gasteiger partial charge on any atom is -0.394 e. The van der Waals surface area contributed by atoms with E-state index in [0.717, 1.165) is 38.5 Å². The number of hydrogen-bond donors (Lipinski definition) is 9. The minimum absolute atomic E-state index is 0.233. The summed E-state index contributed by atoms with van der Waals surface area (Å²) in [7, 11) is 0. The molecule has 1 amide bonds. The average molecular weight is 1070 g/mol. The van der Waals surface area contributed by atoms with Gasteiger partial charge in [-0.15, -0.1) is 0 Å². The van der Waals surface area contributed by atoms with Crippen LogP contribution in [0.25, 0.3) is 0 Å². The van der Waals surface area contributed by atoms with Gasteiger partial charge in [0.05, 0.1) is 32.0 Å². The molecule has 2 aliphatic heterocycles. The SMILES string of the molecule is CCCCCCCCCCCCCCC/C=C/[C@@H](O)[C@H](CO[C@@H]1O[C@H](CO)[C@@H](O[C@@H]2O[C@H](CO)[C@H](O)C(O)C2O)C(O)C1O)NC(=O)CCCCCCCCCCCCCCCCCCCCCCCCCCCC. The van der Waals surface area contributed by atoms with Crippen molar-refractivity contribution in [1.82, 2.24) is 5.32 Å². The minimum atomic E-state index is -1.79. The monoisotopic (exact) mass is 1070 g/mol. The van der Waals surface area contributed by atoms with Crippen molar-refractivity contribution in [2.45, 2.75) is 351 Å². The molecular weight excluding hydrogens is 955 g/mol. The number of rotatable bonds is 51. The molecule has 2 aliphatic rings. The molecule has 4 unspecified atom stereocenters. The van der Waals surface area contributed by atoms with Gasteiger partial charge in [0.25, 0.3) is 0 Å². The summed E-state index contributed by atoms with van der Waals surface area (Å²) < 4.78 is 22.8. The van der Waals surface area contributed by atoms with Gasteiger partial charge in [0.1, 0.15) is 48.8 Å². The highest BCUT2D eigenvalue weighted by molar-refractivity contribution is 5.76. The first-order valence-corrected chi connectivity index (χ1v) is 31.4. The first-order valence-electron chi connectivity index (χ1n) is 31.4. The zero-order valence-corrected chi connectivity index (χ0v) is 47.8. The second-order valence-corrected chi connectivity index (χ2v) is 22.6. The standard InChI is InChI=1S/C61H117NO13/c1-3-5-7-9-11-13-15-17-19-20-21-22-23-24-25-26-27-28-29-31-33-35-37-39-41-43-45-53(66)62-49(50(65)44-42-40-38-36-34-32-30-18-16-14-12-10-8-6-4-2)48-72-60-58(71)56(69)59(52(47-64)74-60)75-61-57(70)55(68)54(67)51(46-63)73-61/h42,44,49-52,54-61,63-65,67-71H,3-41,43,45-48H2,1-2H3,(H,62,66)/b44-42+/t49-,50+,51+,52+,54-,55?,56?,57?,58?,59+,60+,61-/m0/s1. The Bertz CT molecular complexity index is 1310. The molecule has 14 heteroatoms. The highest BCUT2D eigenvalue weighted by Gasteiger charge is 2.51. The maximum atomic E-state index is 13.3. The van der Waals surface area contributed by atoms with Crippen molar-refractivity contribution in [3.63, 3.8) is 0 Å². The Kier molecular flexibility index (Phi) is 44.3. The number of nitrogens with one attached hydrogen (secondary N) is 1. The Hall–Kier alpha value is -1.27. The van der Waals surface area contributed by atoms with Gasteiger partial charge in [-0.1, -0.05) is 264 Å². The van der Waals surface area contributed by atoms with Gasteiger partial charge in [0, 0.05) is 6.42 Å². The Morgan fingerprint density at radius 1 is 0.467 bits per heavy atom. The summed E-state index contributed by atoms with van der Waals surface area (Å²) in [6.07, 6.45) is 38.3. The summed E-state index contributed by atoms with van der Waals surface area (Å²) in [6.45, 7) is 2.83. The molecule has 2 heterocycles. The van der Waals surface area contributed by atoms with E-state index in [0.29, 0.717) is 6.42 Å². The number of aliphatic hydroxyl groups is 8. The van der Waals surface area contributed by atoms with Crippen LogP contribution in [0.5, 0.6) is 0 Å². The van der Waals surface area contributed by atoms with E-state index in [1.807, 2.05) is 6.08 Å². The number of carbonyl (C=O) groups is 1. The lowest BCUT2D eigenvalue weighted by molar-refractivity contribution is -0.359. The molecule has 75 heavy (non-hydrogen) atoms. The van der Waals surface area contributed by atoms with Crippen LogP contribution in [0.15, 0.2) is 12.2 Å². The lowest BCUT2D eigenvalue weighted by atomic mass is 9.97. The van der Waals surface area contributed by atoms with E-state index in [4.69, 9.17) is 18.9 Å². The van der Waals surface area contributed by atoms with Crippen LogP contribution in [0.2, 0.25) is 0 Å². The van der Waals surface area contributed by atoms with Crippen molar-refractivity contribution in [2.75, 3.05) is 19.8 Å². The summed E-state index contributed by atoms with van der Waals surface area (Å²) in [4.78, 5) is 13.3. The third-order valence-corrected chi connectivity index (χ3v) is 15.7.